The second-order valence-corrected chi connectivity index (χ2v) is 5.29. The van der Waals surface area contributed by atoms with E-state index in [0.717, 1.165) is 4.90 Å². The van der Waals surface area contributed by atoms with Crippen LogP contribution in [-0.2, 0) is 14.3 Å². The molecule has 1 aromatic carbocycles. The highest BCUT2D eigenvalue weighted by atomic mass is 16.6. The molecule has 2 bridgehead atoms. The van der Waals surface area contributed by atoms with E-state index in [1.54, 1.807) is 12.2 Å². The first-order valence-electron chi connectivity index (χ1n) is 6.54. The van der Waals surface area contributed by atoms with Crippen LogP contribution in [-0.4, -0.2) is 28.9 Å². The molecule has 7 heteroatoms. The number of hydrogen-bond acceptors (Lipinski definition) is 5. The fraction of sp³-hybridized carbons (Fsp3) is 0.286. The van der Waals surface area contributed by atoms with Gasteiger partial charge in [-0.25, -0.2) is 4.90 Å². The molecule has 4 atom stereocenters. The van der Waals surface area contributed by atoms with Gasteiger partial charge in [0.1, 0.15) is 0 Å². The number of nitro groups is 1. The van der Waals surface area contributed by atoms with Crippen molar-refractivity contribution in [2.45, 2.75) is 12.2 Å². The highest BCUT2D eigenvalue weighted by Gasteiger charge is 2.61. The molecule has 0 saturated carbocycles. The first-order valence-corrected chi connectivity index (χ1v) is 6.54. The number of ether oxygens (including phenoxy) is 1. The van der Waals surface area contributed by atoms with Crippen LogP contribution >= 0.6 is 0 Å². The summed E-state index contributed by atoms with van der Waals surface area (Å²) in [5, 5.41) is 10.8. The summed E-state index contributed by atoms with van der Waals surface area (Å²) in [7, 11) is 0. The maximum atomic E-state index is 12.5. The molecule has 7 nitrogen and oxygen atoms in total. The summed E-state index contributed by atoms with van der Waals surface area (Å²) in [5.74, 6) is -1.71. The van der Waals surface area contributed by atoms with Gasteiger partial charge in [-0.15, -0.1) is 0 Å². The fourth-order valence-corrected chi connectivity index (χ4v) is 3.30. The second kappa shape index (κ2) is 3.98. The van der Waals surface area contributed by atoms with Crippen molar-refractivity contribution in [3.05, 3.63) is 46.5 Å². The smallest absolute Gasteiger partial charge is 0.271 e. The SMILES string of the molecule is O=C1[C@@H]2[C@H](C(=O)N1c1cccc([N+](=O)[O-])c1)[C@@H]1C=C[C@@H]2O1. The standard InChI is InChI=1S/C14H10N2O5/c17-13-11-9-4-5-10(21-9)12(11)14(18)15(13)7-2-1-3-8(6-7)16(19)20/h1-6,9-12H/t9-,10-,11-,12+/m0/s1. The number of rotatable bonds is 2. The number of imide groups is 1. The van der Waals surface area contributed by atoms with E-state index in [1.807, 2.05) is 0 Å². The van der Waals surface area contributed by atoms with Crippen LogP contribution in [0.15, 0.2) is 36.4 Å². The molecule has 3 heterocycles. The Balaban J connectivity index is 1.74. The van der Waals surface area contributed by atoms with Crippen LogP contribution in [0.3, 0.4) is 0 Å². The van der Waals surface area contributed by atoms with E-state index < -0.39 is 16.8 Å². The van der Waals surface area contributed by atoms with Gasteiger partial charge in [0.25, 0.3) is 5.69 Å². The van der Waals surface area contributed by atoms with Crippen LogP contribution in [0, 0.1) is 22.0 Å². The van der Waals surface area contributed by atoms with Crippen molar-refractivity contribution in [3.63, 3.8) is 0 Å². The molecule has 0 aromatic heterocycles. The monoisotopic (exact) mass is 286 g/mol. The Bertz CT molecular complexity index is 683. The largest absolute Gasteiger partial charge is 0.365 e. The summed E-state index contributed by atoms with van der Waals surface area (Å²) in [6.07, 6.45) is 2.88. The molecule has 106 valence electrons. The Labute approximate surface area is 118 Å². The van der Waals surface area contributed by atoms with Crippen molar-refractivity contribution < 1.29 is 19.2 Å². The molecule has 0 N–H and O–H groups in total. The number of non-ortho nitro benzene ring substituents is 1. The van der Waals surface area contributed by atoms with E-state index in [-0.39, 0.29) is 35.4 Å². The van der Waals surface area contributed by atoms with E-state index in [1.165, 1.54) is 24.3 Å². The highest BCUT2D eigenvalue weighted by Crippen LogP contribution is 2.46. The van der Waals surface area contributed by atoms with Crippen molar-refractivity contribution in [3.8, 4) is 0 Å². The maximum absolute atomic E-state index is 12.5. The Morgan fingerprint density at radius 3 is 2.29 bits per heavy atom. The number of amides is 2. The molecule has 4 rings (SSSR count). The number of carbonyl (C=O) groups excluding carboxylic acids is 2. The van der Waals surface area contributed by atoms with Crippen LogP contribution in [0.4, 0.5) is 11.4 Å². The van der Waals surface area contributed by atoms with Gasteiger partial charge in [0, 0.05) is 12.1 Å². The molecule has 3 aliphatic heterocycles. The average Bonchev–Trinajstić information content (AvgIpc) is 3.13. The molecule has 21 heavy (non-hydrogen) atoms. The third-order valence-electron chi connectivity index (χ3n) is 4.21. The number of carbonyl (C=O) groups is 2. The molecule has 0 spiro atoms. The zero-order valence-electron chi connectivity index (χ0n) is 10.7. The number of nitro benzene ring substituents is 1. The predicted octanol–water partition coefficient (Wildman–Crippen LogP) is 1.04. The Kier molecular flexibility index (Phi) is 2.32. The number of anilines is 1. The number of nitrogens with zero attached hydrogens (tertiary/aromatic N) is 2. The van der Waals surface area contributed by atoms with Crippen LogP contribution < -0.4 is 4.90 Å². The maximum Gasteiger partial charge on any atom is 0.271 e. The van der Waals surface area contributed by atoms with Crippen molar-refractivity contribution in [2.24, 2.45) is 11.8 Å². The number of hydrogen-bond donors (Lipinski definition) is 0. The van der Waals surface area contributed by atoms with E-state index in [4.69, 9.17) is 4.74 Å². The molecular formula is C14H10N2O5. The summed E-state index contributed by atoms with van der Waals surface area (Å²) in [5.41, 5.74) is 0.0931. The number of benzene rings is 1. The van der Waals surface area contributed by atoms with Crippen LogP contribution in [0.1, 0.15) is 0 Å². The van der Waals surface area contributed by atoms with Gasteiger partial charge in [0.05, 0.1) is 34.7 Å². The third-order valence-corrected chi connectivity index (χ3v) is 4.21. The first-order chi connectivity index (χ1) is 10.1. The van der Waals surface area contributed by atoms with Crippen LogP contribution in [0.25, 0.3) is 0 Å². The molecule has 1 aromatic rings. The van der Waals surface area contributed by atoms with Crippen LogP contribution in [0.2, 0.25) is 0 Å². The average molecular weight is 286 g/mol. The summed E-state index contributed by atoms with van der Waals surface area (Å²) in [6.45, 7) is 0. The lowest BCUT2D eigenvalue weighted by Gasteiger charge is -2.17. The zero-order valence-corrected chi connectivity index (χ0v) is 10.7. The molecule has 3 aliphatic rings. The molecular weight excluding hydrogens is 276 g/mol. The van der Waals surface area contributed by atoms with Gasteiger partial charge in [0.2, 0.25) is 11.8 Å². The minimum Gasteiger partial charge on any atom is -0.365 e. The van der Waals surface area contributed by atoms with Crippen LogP contribution in [0.5, 0.6) is 0 Å². The molecule has 2 amide bonds. The number of fused-ring (bicyclic) bond motifs is 5. The minimum absolute atomic E-state index is 0.150. The van der Waals surface area contributed by atoms with Gasteiger partial charge in [-0.3, -0.25) is 19.7 Å². The van der Waals surface area contributed by atoms with E-state index >= 15 is 0 Å². The Morgan fingerprint density at radius 1 is 1.10 bits per heavy atom. The van der Waals surface area contributed by atoms with Gasteiger partial charge in [-0.1, -0.05) is 18.2 Å². The zero-order chi connectivity index (χ0) is 14.7. The van der Waals surface area contributed by atoms with E-state index in [9.17, 15) is 19.7 Å². The summed E-state index contributed by atoms with van der Waals surface area (Å²) in [4.78, 5) is 36.3. The van der Waals surface area contributed by atoms with Crippen molar-refractivity contribution in [2.75, 3.05) is 4.90 Å². The van der Waals surface area contributed by atoms with Gasteiger partial charge < -0.3 is 4.74 Å². The summed E-state index contributed by atoms with van der Waals surface area (Å²) < 4.78 is 5.54. The normalized spacial score (nSPS) is 32.9. The molecule has 0 radical (unpaired) electrons. The Hall–Kier alpha value is -2.54. The summed E-state index contributed by atoms with van der Waals surface area (Å²) >= 11 is 0. The molecule has 2 fully saturated rings. The van der Waals surface area contributed by atoms with Crippen molar-refractivity contribution >= 4 is 23.2 Å². The molecule has 0 aliphatic carbocycles. The second-order valence-electron chi connectivity index (χ2n) is 5.29. The highest BCUT2D eigenvalue weighted by molar-refractivity contribution is 6.23. The van der Waals surface area contributed by atoms with Gasteiger partial charge >= 0.3 is 0 Å². The quantitative estimate of drug-likeness (QED) is 0.350. The van der Waals surface area contributed by atoms with E-state index in [0.29, 0.717) is 0 Å². The lowest BCUT2D eigenvalue weighted by atomic mass is 9.85. The van der Waals surface area contributed by atoms with Crippen molar-refractivity contribution in [1.82, 2.24) is 0 Å². The predicted molar refractivity (Wildman–Crippen MR) is 70.4 cm³/mol. The topological polar surface area (TPSA) is 89.8 Å². The lowest BCUT2D eigenvalue weighted by Crippen LogP contribution is -2.34. The van der Waals surface area contributed by atoms with Crippen molar-refractivity contribution in [1.29, 1.82) is 0 Å². The van der Waals surface area contributed by atoms with Gasteiger partial charge in [-0.05, 0) is 6.07 Å². The molecule has 0 unspecified atom stereocenters. The lowest BCUT2D eigenvalue weighted by molar-refractivity contribution is -0.384. The van der Waals surface area contributed by atoms with Gasteiger partial charge in [-0.2, -0.15) is 0 Å². The first kappa shape index (κ1) is 12.2. The fourth-order valence-electron chi connectivity index (χ4n) is 3.30. The van der Waals surface area contributed by atoms with Gasteiger partial charge in [0.15, 0.2) is 0 Å². The minimum atomic E-state index is -0.552. The third kappa shape index (κ3) is 1.52. The molecule has 2 saturated heterocycles. The van der Waals surface area contributed by atoms with E-state index in [2.05, 4.69) is 0 Å². The Morgan fingerprint density at radius 2 is 1.71 bits per heavy atom. The summed E-state index contributed by atoms with van der Waals surface area (Å²) in [6, 6.07) is 5.56.